The summed E-state index contributed by atoms with van der Waals surface area (Å²) in [7, 11) is 1.97. The Morgan fingerprint density at radius 3 is 2.32 bits per heavy atom. The highest BCUT2D eigenvalue weighted by molar-refractivity contribution is 5.88. The Labute approximate surface area is 155 Å². The number of halogens is 1. The van der Waals surface area contributed by atoms with Gasteiger partial charge < -0.3 is 14.7 Å². The molecule has 2 aliphatic heterocycles. The molecule has 0 radical (unpaired) electrons. The Bertz CT molecular complexity index is 702. The van der Waals surface area contributed by atoms with Crippen LogP contribution in [0.2, 0.25) is 0 Å². The smallest absolute Gasteiger partial charge is 0.229 e. The highest BCUT2D eigenvalue weighted by atomic mass is 35.5. The number of rotatable bonds is 3. The molecule has 0 bridgehead atoms. The fourth-order valence-corrected chi connectivity index (χ4v) is 3.75. The van der Waals surface area contributed by atoms with Gasteiger partial charge in [0.05, 0.1) is 11.6 Å². The summed E-state index contributed by atoms with van der Waals surface area (Å²) < 4.78 is 1.87. The van der Waals surface area contributed by atoms with Crippen molar-refractivity contribution in [3.63, 3.8) is 0 Å². The number of piperazine rings is 1. The van der Waals surface area contributed by atoms with Crippen molar-refractivity contribution in [3.05, 3.63) is 6.20 Å². The standard InChI is InChI=1S/C17H27N7.ClH/c1-3-22-9-11-23(12-10-22)16-14-13-18-21(2)15(14)19-17(20-16)24-7-5-4-6-8-24;/h13H,3-12H2,1-2H3;1H. The third-order valence-electron chi connectivity index (χ3n) is 5.32. The molecule has 0 saturated carbocycles. The van der Waals surface area contributed by atoms with Crippen LogP contribution >= 0.6 is 12.4 Å². The van der Waals surface area contributed by atoms with Gasteiger partial charge in [0.2, 0.25) is 5.95 Å². The molecular weight excluding hydrogens is 338 g/mol. The monoisotopic (exact) mass is 365 g/mol. The second kappa shape index (κ2) is 7.74. The summed E-state index contributed by atoms with van der Waals surface area (Å²) in [5, 5.41) is 5.50. The number of aromatic nitrogens is 4. The van der Waals surface area contributed by atoms with E-state index in [2.05, 4.69) is 26.7 Å². The van der Waals surface area contributed by atoms with E-state index >= 15 is 0 Å². The maximum atomic E-state index is 4.98. The number of piperidine rings is 1. The Balaban J connectivity index is 0.00000182. The number of anilines is 2. The molecule has 2 aromatic rings. The first-order valence-electron chi connectivity index (χ1n) is 9.18. The zero-order chi connectivity index (χ0) is 16.5. The van der Waals surface area contributed by atoms with Gasteiger partial charge in [-0.05, 0) is 25.8 Å². The SMILES string of the molecule is CCN1CCN(c2nc(N3CCCCC3)nc3c2cnn3C)CC1.Cl. The van der Waals surface area contributed by atoms with Crippen molar-refractivity contribution in [1.29, 1.82) is 0 Å². The first-order valence-corrected chi connectivity index (χ1v) is 9.18. The van der Waals surface area contributed by atoms with Gasteiger partial charge in [0.25, 0.3) is 0 Å². The van der Waals surface area contributed by atoms with Gasteiger partial charge in [-0.3, -0.25) is 4.68 Å². The molecule has 2 fully saturated rings. The number of hydrogen-bond acceptors (Lipinski definition) is 6. The third-order valence-corrected chi connectivity index (χ3v) is 5.32. The van der Waals surface area contributed by atoms with Gasteiger partial charge in [0, 0.05) is 46.3 Å². The minimum absolute atomic E-state index is 0. The number of likely N-dealkylation sites (N-methyl/N-ethyl adjacent to an activating group) is 1. The number of hydrogen-bond donors (Lipinski definition) is 0. The second-order valence-electron chi connectivity index (χ2n) is 6.82. The van der Waals surface area contributed by atoms with E-state index in [4.69, 9.17) is 9.97 Å². The lowest BCUT2D eigenvalue weighted by Crippen LogP contribution is -2.46. The lowest BCUT2D eigenvalue weighted by molar-refractivity contribution is 0.271. The third kappa shape index (κ3) is 3.53. The van der Waals surface area contributed by atoms with E-state index in [1.807, 2.05) is 17.9 Å². The van der Waals surface area contributed by atoms with Gasteiger partial charge >= 0.3 is 0 Å². The fraction of sp³-hybridized carbons (Fsp3) is 0.706. The topological polar surface area (TPSA) is 53.3 Å². The van der Waals surface area contributed by atoms with Crippen LogP contribution in [0, 0.1) is 0 Å². The molecule has 2 saturated heterocycles. The van der Waals surface area contributed by atoms with Gasteiger partial charge in [-0.2, -0.15) is 15.1 Å². The molecule has 25 heavy (non-hydrogen) atoms. The van der Waals surface area contributed by atoms with Crippen molar-refractivity contribution in [3.8, 4) is 0 Å². The number of aryl methyl sites for hydroxylation is 1. The van der Waals surface area contributed by atoms with E-state index in [9.17, 15) is 0 Å². The van der Waals surface area contributed by atoms with E-state index in [1.165, 1.54) is 19.3 Å². The van der Waals surface area contributed by atoms with Crippen LogP contribution in [0.15, 0.2) is 6.20 Å². The molecular formula is C17H28ClN7. The van der Waals surface area contributed by atoms with Gasteiger partial charge in [-0.25, -0.2) is 0 Å². The lowest BCUT2D eigenvalue weighted by atomic mass is 10.1. The average molecular weight is 366 g/mol. The number of fused-ring (bicyclic) bond motifs is 1. The van der Waals surface area contributed by atoms with Crippen LogP contribution in [-0.4, -0.2) is 70.5 Å². The number of nitrogens with zero attached hydrogens (tertiary/aromatic N) is 7. The molecule has 0 atom stereocenters. The Kier molecular flexibility index (Phi) is 5.64. The summed E-state index contributed by atoms with van der Waals surface area (Å²) in [6, 6.07) is 0. The van der Waals surface area contributed by atoms with Crippen molar-refractivity contribution in [2.75, 3.05) is 55.6 Å². The molecule has 2 aromatic heterocycles. The minimum atomic E-state index is 0. The van der Waals surface area contributed by atoms with Gasteiger partial charge in [0.15, 0.2) is 5.65 Å². The van der Waals surface area contributed by atoms with Gasteiger partial charge in [0.1, 0.15) is 5.82 Å². The predicted molar refractivity (Wildman–Crippen MR) is 104 cm³/mol. The summed E-state index contributed by atoms with van der Waals surface area (Å²) in [6.07, 6.45) is 5.70. The van der Waals surface area contributed by atoms with Crippen LogP contribution in [-0.2, 0) is 7.05 Å². The summed E-state index contributed by atoms with van der Waals surface area (Å²) in [5.74, 6) is 1.93. The van der Waals surface area contributed by atoms with E-state index in [1.54, 1.807) is 0 Å². The molecule has 0 N–H and O–H groups in total. The predicted octanol–water partition coefficient (Wildman–Crippen LogP) is 1.92. The maximum absolute atomic E-state index is 4.98. The van der Waals surface area contributed by atoms with E-state index in [0.717, 1.165) is 68.6 Å². The largest absolute Gasteiger partial charge is 0.353 e. The molecule has 4 heterocycles. The van der Waals surface area contributed by atoms with Crippen molar-refractivity contribution < 1.29 is 0 Å². The van der Waals surface area contributed by atoms with Crippen molar-refractivity contribution in [1.82, 2.24) is 24.6 Å². The molecule has 0 spiro atoms. The van der Waals surface area contributed by atoms with Crippen molar-refractivity contribution >= 4 is 35.2 Å². The minimum Gasteiger partial charge on any atom is -0.353 e. The lowest BCUT2D eigenvalue weighted by Gasteiger charge is -2.35. The Morgan fingerprint density at radius 1 is 0.920 bits per heavy atom. The highest BCUT2D eigenvalue weighted by Crippen LogP contribution is 2.28. The normalized spacial score (nSPS) is 19.3. The van der Waals surface area contributed by atoms with Gasteiger partial charge in [-0.1, -0.05) is 6.92 Å². The zero-order valence-corrected chi connectivity index (χ0v) is 16.0. The molecule has 0 aliphatic carbocycles. The van der Waals surface area contributed by atoms with E-state index in [-0.39, 0.29) is 12.4 Å². The van der Waals surface area contributed by atoms with Gasteiger partial charge in [-0.15, -0.1) is 12.4 Å². The van der Waals surface area contributed by atoms with Crippen LogP contribution in [0.1, 0.15) is 26.2 Å². The van der Waals surface area contributed by atoms with Crippen molar-refractivity contribution in [2.24, 2.45) is 7.05 Å². The molecule has 4 rings (SSSR count). The summed E-state index contributed by atoms with van der Waals surface area (Å²) in [4.78, 5) is 17.0. The quantitative estimate of drug-likeness (QED) is 0.828. The Hall–Kier alpha value is -1.60. The van der Waals surface area contributed by atoms with Crippen LogP contribution in [0.3, 0.4) is 0 Å². The van der Waals surface area contributed by atoms with Crippen LogP contribution in [0.4, 0.5) is 11.8 Å². The molecule has 7 nitrogen and oxygen atoms in total. The van der Waals surface area contributed by atoms with Crippen molar-refractivity contribution in [2.45, 2.75) is 26.2 Å². The Morgan fingerprint density at radius 2 is 1.64 bits per heavy atom. The van der Waals surface area contributed by atoms with Crippen LogP contribution < -0.4 is 9.80 Å². The molecule has 8 heteroatoms. The zero-order valence-electron chi connectivity index (χ0n) is 15.2. The fourth-order valence-electron chi connectivity index (χ4n) is 3.75. The second-order valence-corrected chi connectivity index (χ2v) is 6.82. The molecule has 0 aromatic carbocycles. The molecule has 138 valence electrons. The molecule has 2 aliphatic rings. The highest BCUT2D eigenvalue weighted by Gasteiger charge is 2.23. The van der Waals surface area contributed by atoms with Crippen LogP contribution in [0.5, 0.6) is 0 Å². The average Bonchev–Trinajstić information content (AvgIpc) is 3.03. The first kappa shape index (κ1) is 18.2. The summed E-state index contributed by atoms with van der Waals surface area (Å²) in [6.45, 7) is 9.72. The summed E-state index contributed by atoms with van der Waals surface area (Å²) >= 11 is 0. The summed E-state index contributed by atoms with van der Waals surface area (Å²) in [5.41, 5.74) is 0.943. The van der Waals surface area contributed by atoms with E-state index in [0.29, 0.717) is 0 Å². The first-order chi connectivity index (χ1) is 11.8. The molecule has 0 amide bonds. The molecule has 0 unspecified atom stereocenters. The van der Waals surface area contributed by atoms with Crippen LogP contribution in [0.25, 0.3) is 11.0 Å². The van der Waals surface area contributed by atoms with E-state index < -0.39 is 0 Å². The maximum Gasteiger partial charge on any atom is 0.229 e.